The summed E-state index contributed by atoms with van der Waals surface area (Å²) in [6.45, 7) is 0. The summed E-state index contributed by atoms with van der Waals surface area (Å²) in [5.74, 6) is -1.38. The minimum Gasteiger partial charge on any atom is -0.361 e. The zero-order valence-electron chi connectivity index (χ0n) is 10.7. The number of ketones is 2. The number of halogens is 3. The van der Waals surface area contributed by atoms with E-state index in [0.29, 0.717) is 10.9 Å². The number of carbonyl (C=O) groups is 2. The molecule has 0 radical (unpaired) electrons. The van der Waals surface area contributed by atoms with Crippen molar-refractivity contribution in [3.8, 4) is 6.07 Å². The molecule has 0 unspecified atom stereocenters. The van der Waals surface area contributed by atoms with Gasteiger partial charge in [0.05, 0.1) is 5.57 Å². The molecule has 0 fully saturated rings. The summed E-state index contributed by atoms with van der Waals surface area (Å²) >= 11 is 14.9. The van der Waals surface area contributed by atoms with E-state index in [1.165, 1.54) is 0 Å². The summed E-state index contributed by atoms with van der Waals surface area (Å²) in [7, 11) is 0. The van der Waals surface area contributed by atoms with Crippen molar-refractivity contribution in [3.05, 3.63) is 50.1 Å². The van der Waals surface area contributed by atoms with Gasteiger partial charge in [-0.05, 0) is 18.2 Å². The average molecular weight is 396 g/mol. The number of fused-ring (bicyclic) bond motifs is 1. The zero-order chi connectivity index (χ0) is 16.0. The van der Waals surface area contributed by atoms with E-state index >= 15 is 0 Å². The maximum absolute atomic E-state index is 12.4. The van der Waals surface area contributed by atoms with Crippen molar-refractivity contribution >= 4 is 67.2 Å². The molecule has 7 heteroatoms. The van der Waals surface area contributed by atoms with Crippen molar-refractivity contribution in [2.45, 2.75) is 0 Å². The van der Waals surface area contributed by atoms with Gasteiger partial charge in [-0.15, -0.1) is 0 Å². The minimum atomic E-state index is -0.742. The molecule has 1 N–H and O–H groups in total. The molecule has 0 saturated heterocycles. The molecule has 1 aromatic carbocycles. The molecule has 0 bridgehead atoms. The second-order valence-electron chi connectivity index (χ2n) is 4.54. The molecule has 1 aromatic heterocycles. The molecule has 1 aliphatic rings. The lowest BCUT2D eigenvalue weighted by atomic mass is 9.90. The summed E-state index contributed by atoms with van der Waals surface area (Å²) < 4.78 is 0.800. The van der Waals surface area contributed by atoms with Crippen molar-refractivity contribution in [2.24, 2.45) is 0 Å². The van der Waals surface area contributed by atoms with Crippen LogP contribution in [0.3, 0.4) is 0 Å². The zero-order valence-corrected chi connectivity index (χ0v) is 13.8. The predicted octanol–water partition coefficient (Wildman–Crippen LogP) is 4.05. The first-order valence-electron chi connectivity index (χ1n) is 6.01. The SMILES string of the molecule is N#CC1=C(c2c[nH]c3ccc(Br)cc23)C(=O)C(Cl)=C(Cl)C1=O. The third-order valence-electron chi connectivity index (χ3n) is 3.32. The number of aromatic nitrogens is 1. The number of nitrogens with one attached hydrogen (secondary N) is 1. The van der Waals surface area contributed by atoms with Crippen molar-refractivity contribution in [3.63, 3.8) is 0 Å². The molecule has 1 aliphatic carbocycles. The van der Waals surface area contributed by atoms with Gasteiger partial charge in [0.2, 0.25) is 11.6 Å². The molecule has 108 valence electrons. The Morgan fingerprint density at radius 2 is 1.82 bits per heavy atom. The van der Waals surface area contributed by atoms with E-state index in [-0.39, 0.29) is 16.2 Å². The first kappa shape index (κ1) is 15.0. The number of allylic oxidation sites excluding steroid dienone is 4. The summed E-state index contributed by atoms with van der Waals surface area (Å²) in [4.78, 5) is 27.5. The number of nitriles is 1. The third-order valence-corrected chi connectivity index (χ3v) is 4.63. The molecule has 0 aliphatic heterocycles. The first-order valence-corrected chi connectivity index (χ1v) is 7.56. The molecule has 0 spiro atoms. The number of rotatable bonds is 1. The highest BCUT2D eigenvalue weighted by molar-refractivity contribution is 9.10. The maximum atomic E-state index is 12.4. The lowest BCUT2D eigenvalue weighted by Gasteiger charge is -2.14. The molecule has 2 aromatic rings. The molecule has 3 rings (SSSR count). The van der Waals surface area contributed by atoms with Crippen LogP contribution >= 0.6 is 39.1 Å². The highest BCUT2D eigenvalue weighted by Gasteiger charge is 2.35. The van der Waals surface area contributed by atoms with Crippen molar-refractivity contribution in [1.82, 2.24) is 4.98 Å². The molecule has 22 heavy (non-hydrogen) atoms. The highest BCUT2D eigenvalue weighted by atomic mass is 79.9. The molecular weight excluding hydrogens is 391 g/mol. The number of aromatic amines is 1. The summed E-state index contributed by atoms with van der Waals surface area (Å²) in [5.41, 5.74) is 0.861. The number of hydrogen-bond acceptors (Lipinski definition) is 3. The van der Waals surface area contributed by atoms with Crippen LogP contribution in [0.15, 0.2) is 44.5 Å². The van der Waals surface area contributed by atoms with E-state index in [1.807, 2.05) is 12.1 Å². The van der Waals surface area contributed by atoms with Crippen LogP contribution in [0, 0.1) is 11.3 Å². The van der Waals surface area contributed by atoms with Crippen LogP contribution in [0.5, 0.6) is 0 Å². The van der Waals surface area contributed by atoms with Crippen LogP contribution in [0.25, 0.3) is 16.5 Å². The fraction of sp³-hybridized carbons (Fsp3) is 0. The van der Waals surface area contributed by atoms with E-state index in [1.54, 1.807) is 18.3 Å². The second kappa shape index (κ2) is 5.40. The van der Waals surface area contributed by atoms with Crippen LogP contribution in [-0.2, 0) is 9.59 Å². The number of nitrogens with zero attached hydrogens (tertiary/aromatic N) is 1. The Hall–Kier alpha value is -1.87. The number of hydrogen-bond donors (Lipinski definition) is 1. The molecule has 1 heterocycles. The van der Waals surface area contributed by atoms with Gasteiger partial charge in [-0.25, -0.2) is 0 Å². The number of Topliss-reactive ketones (excluding diaryl/α,β-unsaturated/α-hetero) is 2. The van der Waals surface area contributed by atoms with E-state index in [0.717, 1.165) is 9.99 Å². The van der Waals surface area contributed by atoms with Gasteiger partial charge in [0.1, 0.15) is 21.7 Å². The fourth-order valence-electron chi connectivity index (χ4n) is 2.31. The minimum absolute atomic E-state index is 0.0359. The molecule has 0 saturated carbocycles. The van der Waals surface area contributed by atoms with Crippen molar-refractivity contribution < 1.29 is 9.59 Å². The predicted molar refractivity (Wildman–Crippen MR) is 87.3 cm³/mol. The van der Waals surface area contributed by atoms with Crippen LogP contribution in [-0.4, -0.2) is 16.6 Å². The molecule has 4 nitrogen and oxygen atoms in total. The third kappa shape index (κ3) is 2.12. The fourth-order valence-corrected chi connectivity index (χ4v) is 3.03. The van der Waals surface area contributed by atoms with Gasteiger partial charge in [-0.1, -0.05) is 39.1 Å². The van der Waals surface area contributed by atoms with Gasteiger partial charge in [-0.2, -0.15) is 5.26 Å². The van der Waals surface area contributed by atoms with Crippen molar-refractivity contribution in [1.29, 1.82) is 5.26 Å². The molecular formula is C15H5BrCl2N2O2. The Labute approximate surface area is 143 Å². The lowest BCUT2D eigenvalue weighted by molar-refractivity contribution is -0.114. The lowest BCUT2D eigenvalue weighted by Crippen LogP contribution is -2.18. The van der Waals surface area contributed by atoms with E-state index in [4.69, 9.17) is 23.2 Å². The smallest absolute Gasteiger partial charge is 0.217 e. The van der Waals surface area contributed by atoms with E-state index in [9.17, 15) is 14.9 Å². The van der Waals surface area contributed by atoms with Crippen LogP contribution < -0.4 is 0 Å². The Morgan fingerprint density at radius 1 is 1.14 bits per heavy atom. The van der Waals surface area contributed by atoms with Crippen LogP contribution in [0.2, 0.25) is 0 Å². The Morgan fingerprint density at radius 3 is 2.50 bits per heavy atom. The van der Waals surface area contributed by atoms with E-state index in [2.05, 4.69) is 20.9 Å². The summed E-state index contributed by atoms with van der Waals surface area (Å²) in [6.07, 6.45) is 1.57. The van der Waals surface area contributed by atoms with Gasteiger partial charge < -0.3 is 4.98 Å². The van der Waals surface area contributed by atoms with Gasteiger partial charge in [-0.3, -0.25) is 9.59 Å². The Bertz CT molecular complexity index is 964. The topological polar surface area (TPSA) is 73.7 Å². The van der Waals surface area contributed by atoms with Crippen LogP contribution in [0.4, 0.5) is 0 Å². The average Bonchev–Trinajstić information content (AvgIpc) is 2.91. The van der Waals surface area contributed by atoms with E-state index < -0.39 is 16.6 Å². The standard InChI is InChI=1S/C15H5BrCl2N2O2/c16-6-1-2-10-7(3-6)9(5-20-10)11-8(4-19)14(21)12(17)13(18)15(11)22/h1-3,5,20H. The second-order valence-corrected chi connectivity index (χ2v) is 6.21. The van der Waals surface area contributed by atoms with Gasteiger partial charge in [0.15, 0.2) is 0 Å². The molecule has 0 atom stereocenters. The first-order chi connectivity index (χ1) is 10.5. The highest BCUT2D eigenvalue weighted by Crippen LogP contribution is 2.37. The normalized spacial score (nSPS) is 15.7. The monoisotopic (exact) mass is 394 g/mol. The molecule has 0 amide bonds. The largest absolute Gasteiger partial charge is 0.361 e. The van der Waals surface area contributed by atoms with Gasteiger partial charge >= 0.3 is 0 Å². The quantitative estimate of drug-likeness (QED) is 0.740. The number of H-pyrrole nitrogens is 1. The Balaban J connectivity index is 2.35. The van der Waals surface area contributed by atoms with Gasteiger partial charge in [0.25, 0.3) is 0 Å². The van der Waals surface area contributed by atoms with Gasteiger partial charge in [0, 0.05) is 27.1 Å². The number of carbonyl (C=O) groups excluding carboxylic acids is 2. The maximum Gasteiger partial charge on any atom is 0.217 e. The summed E-state index contributed by atoms with van der Waals surface area (Å²) in [6, 6.07) is 7.19. The number of benzene rings is 1. The summed E-state index contributed by atoms with van der Waals surface area (Å²) in [5, 5.41) is 9.16. The Kier molecular flexibility index (Phi) is 3.69. The van der Waals surface area contributed by atoms with Crippen molar-refractivity contribution in [2.75, 3.05) is 0 Å². The van der Waals surface area contributed by atoms with Crippen LogP contribution in [0.1, 0.15) is 5.56 Å².